The number of thioether (sulfide) groups is 1. The van der Waals surface area contributed by atoms with E-state index in [1.54, 1.807) is 11.8 Å². The molecule has 2 nitrogen and oxygen atoms in total. The second kappa shape index (κ2) is 6.29. The molecular formula is C5H11NOS2. The molecule has 0 atom stereocenters. The Morgan fingerprint density at radius 3 is 2.89 bits per heavy atom. The number of thiol groups is 1. The molecule has 0 aromatic heterocycles. The number of hydrogen-bond donors (Lipinski definition) is 2. The molecule has 0 aliphatic heterocycles. The third-order valence-electron chi connectivity index (χ3n) is 0.772. The Morgan fingerprint density at radius 2 is 2.44 bits per heavy atom. The van der Waals surface area contributed by atoms with Crippen molar-refractivity contribution in [2.75, 3.05) is 24.3 Å². The largest absolute Gasteiger partial charge is 0.355 e. The fourth-order valence-electron chi connectivity index (χ4n) is 0.348. The molecule has 0 fully saturated rings. The highest BCUT2D eigenvalue weighted by Gasteiger charge is 1.92. The summed E-state index contributed by atoms with van der Waals surface area (Å²) in [6, 6.07) is 0. The van der Waals surface area contributed by atoms with Gasteiger partial charge in [-0.15, -0.1) is 0 Å². The Hall–Kier alpha value is 0.170. The molecule has 1 N–H and O–H groups in total. The van der Waals surface area contributed by atoms with E-state index in [-0.39, 0.29) is 11.7 Å². The van der Waals surface area contributed by atoms with Crippen molar-refractivity contribution in [3.05, 3.63) is 0 Å². The van der Waals surface area contributed by atoms with Crippen LogP contribution < -0.4 is 5.32 Å². The van der Waals surface area contributed by atoms with Gasteiger partial charge in [0.05, 0.1) is 5.75 Å². The number of carbonyl (C=O) groups excluding carboxylic acids is 1. The minimum atomic E-state index is 0.00684. The van der Waals surface area contributed by atoms with Gasteiger partial charge in [-0.25, -0.2) is 0 Å². The van der Waals surface area contributed by atoms with Crippen molar-refractivity contribution in [1.29, 1.82) is 0 Å². The average molecular weight is 165 g/mol. The normalized spacial score (nSPS) is 9.11. The first kappa shape index (κ1) is 9.17. The molecule has 0 aliphatic rings. The van der Waals surface area contributed by atoms with Gasteiger partial charge < -0.3 is 5.32 Å². The fraction of sp³-hybridized carbons (Fsp3) is 0.800. The van der Waals surface area contributed by atoms with Crippen molar-refractivity contribution in [3.63, 3.8) is 0 Å². The molecule has 0 aliphatic carbocycles. The van der Waals surface area contributed by atoms with Crippen molar-refractivity contribution in [3.8, 4) is 0 Å². The van der Waals surface area contributed by atoms with Crippen molar-refractivity contribution in [2.24, 2.45) is 0 Å². The van der Waals surface area contributed by atoms with Gasteiger partial charge in [0, 0.05) is 12.3 Å². The summed E-state index contributed by atoms with van der Waals surface area (Å²) in [5.41, 5.74) is 0. The molecule has 0 aromatic carbocycles. The zero-order chi connectivity index (χ0) is 7.11. The molecule has 1 amide bonds. The molecule has 0 saturated carbocycles. The first-order chi connectivity index (χ1) is 4.31. The van der Waals surface area contributed by atoms with E-state index in [0.717, 1.165) is 12.3 Å². The Bertz CT molecular complexity index is 87.0. The van der Waals surface area contributed by atoms with E-state index >= 15 is 0 Å². The summed E-state index contributed by atoms with van der Waals surface area (Å²) in [6.45, 7) is 0.751. The molecule has 0 aromatic rings. The Labute approximate surface area is 65.2 Å². The maximum Gasteiger partial charge on any atom is 0.229 e. The lowest BCUT2D eigenvalue weighted by Gasteiger charge is -1.98. The van der Waals surface area contributed by atoms with Crippen molar-refractivity contribution < 1.29 is 4.79 Å². The highest BCUT2D eigenvalue weighted by atomic mass is 32.2. The summed E-state index contributed by atoms with van der Waals surface area (Å²) in [5, 5.41) is 2.70. The molecule has 0 spiro atoms. The topological polar surface area (TPSA) is 29.1 Å². The predicted octanol–water partition coefficient (Wildman–Crippen LogP) is 0.395. The SMILES string of the molecule is CSCCNC(=O)CS. The lowest BCUT2D eigenvalue weighted by molar-refractivity contribution is -0.118. The molecule has 0 bridgehead atoms. The minimum absolute atomic E-state index is 0.00684. The predicted molar refractivity (Wildman–Crippen MR) is 45.2 cm³/mol. The van der Waals surface area contributed by atoms with Crippen LogP contribution in [0.5, 0.6) is 0 Å². The highest BCUT2D eigenvalue weighted by molar-refractivity contribution is 7.98. The Balaban J connectivity index is 2.97. The van der Waals surface area contributed by atoms with Gasteiger partial charge in [-0.05, 0) is 6.26 Å². The van der Waals surface area contributed by atoms with Gasteiger partial charge in [0.15, 0.2) is 0 Å². The molecule has 0 rings (SSSR count). The van der Waals surface area contributed by atoms with Gasteiger partial charge in [-0.2, -0.15) is 24.4 Å². The van der Waals surface area contributed by atoms with Crippen LogP contribution in [0.15, 0.2) is 0 Å². The van der Waals surface area contributed by atoms with Crippen LogP contribution in [0.3, 0.4) is 0 Å². The zero-order valence-corrected chi connectivity index (χ0v) is 7.10. The first-order valence-corrected chi connectivity index (χ1v) is 4.70. The third-order valence-corrected chi connectivity index (χ3v) is 1.67. The number of nitrogens with one attached hydrogen (secondary N) is 1. The first-order valence-electron chi connectivity index (χ1n) is 2.67. The Morgan fingerprint density at radius 1 is 1.78 bits per heavy atom. The molecule has 0 saturated heterocycles. The minimum Gasteiger partial charge on any atom is -0.355 e. The third kappa shape index (κ3) is 6.05. The second-order valence-electron chi connectivity index (χ2n) is 1.50. The Kier molecular flexibility index (Phi) is 6.41. The van der Waals surface area contributed by atoms with Gasteiger partial charge in [0.1, 0.15) is 0 Å². The fourth-order valence-corrected chi connectivity index (χ4v) is 0.766. The average Bonchev–Trinajstić information content (AvgIpc) is 1.89. The van der Waals surface area contributed by atoms with Crippen LogP contribution in [0.1, 0.15) is 0 Å². The van der Waals surface area contributed by atoms with Crippen LogP contribution in [-0.2, 0) is 4.79 Å². The van der Waals surface area contributed by atoms with E-state index in [1.807, 2.05) is 6.26 Å². The number of amides is 1. The lowest BCUT2D eigenvalue weighted by atomic mass is 10.6. The van der Waals surface area contributed by atoms with Crippen LogP contribution in [-0.4, -0.2) is 30.2 Å². The standard InChI is InChI=1S/C5H11NOS2/c1-9-3-2-6-5(7)4-8/h8H,2-4H2,1H3,(H,6,7). The maximum atomic E-state index is 10.5. The molecular weight excluding hydrogens is 154 g/mol. The lowest BCUT2D eigenvalue weighted by Crippen LogP contribution is -2.26. The van der Waals surface area contributed by atoms with Crippen LogP contribution in [0.2, 0.25) is 0 Å². The van der Waals surface area contributed by atoms with Crippen molar-refractivity contribution in [2.45, 2.75) is 0 Å². The van der Waals surface area contributed by atoms with Gasteiger partial charge in [0.2, 0.25) is 5.91 Å². The smallest absolute Gasteiger partial charge is 0.229 e. The van der Waals surface area contributed by atoms with E-state index < -0.39 is 0 Å². The maximum absolute atomic E-state index is 10.5. The summed E-state index contributed by atoms with van der Waals surface area (Å²) in [5.74, 6) is 1.26. The number of carbonyl (C=O) groups is 1. The quantitative estimate of drug-likeness (QED) is 0.466. The van der Waals surface area contributed by atoms with E-state index in [4.69, 9.17) is 0 Å². The molecule has 9 heavy (non-hydrogen) atoms. The summed E-state index contributed by atoms with van der Waals surface area (Å²) < 4.78 is 0. The van der Waals surface area contributed by atoms with Gasteiger partial charge in [-0.3, -0.25) is 4.79 Å². The number of rotatable bonds is 4. The highest BCUT2D eigenvalue weighted by Crippen LogP contribution is 1.86. The van der Waals surface area contributed by atoms with Crippen LogP contribution >= 0.6 is 24.4 Å². The molecule has 4 heteroatoms. The number of hydrogen-bond acceptors (Lipinski definition) is 3. The summed E-state index contributed by atoms with van der Waals surface area (Å²) >= 11 is 5.51. The van der Waals surface area contributed by atoms with Crippen molar-refractivity contribution in [1.82, 2.24) is 5.32 Å². The van der Waals surface area contributed by atoms with Gasteiger partial charge in [-0.1, -0.05) is 0 Å². The van der Waals surface area contributed by atoms with E-state index in [2.05, 4.69) is 17.9 Å². The van der Waals surface area contributed by atoms with Crippen LogP contribution in [0.4, 0.5) is 0 Å². The second-order valence-corrected chi connectivity index (χ2v) is 2.80. The monoisotopic (exact) mass is 165 g/mol. The van der Waals surface area contributed by atoms with Gasteiger partial charge >= 0.3 is 0 Å². The van der Waals surface area contributed by atoms with E-state index in [0.29, 0.717) is 0 Å². The van der Waals surface area contributed by atoms with Gasteiger partial charge in [0.25, 0.3) is 0 Å². The van der Waals surface area contributed by atoms with Crippen molar-refractivity contribution >= 4 is 30.3 Å². The molecule has 0 unspecified atom stereocenters. The van der Waals surface area contributed by atoms with Crippen LogP contribution in [0, 0.1) is 0 Å². The van der Waals surface area contributed by atoms with Crippen LogP contribution in [0.25, 0.3) is 0 Å². The molecule has 54 valence electrons. The molecule has 0 heterocycles. The van der Waals surface area contributed by atoms with E-state index in [1.165, 1.54) is 0 Å². The molecule has 0 radical (unpaired) electrons. The summed E-state index contributed by atoms with van der Waals surface area (Å²) in [6.07, 6.45) is 2.01. The van der Waals surface area contributed by atoms with E-state index in [9.17, 15) is 4.79 Å². The summed E-state index contributed by atoms with van der Waals surface area (Å²) in [7, 11) is 0. The zero-order valence-electron chi connectivity index (χ0n) is 5.39. The summed E-state index contributed by atoms with van der Waals surface area (Å²) in [4.78, 5) is 10.5.